The minimum Gasteiger partial charge on any atom is -0.400 e. The van der Waals surface area contributed by atoms with Crippen LogP contribution in [0.4, 0.5) is 18.9 Å². The van der Waals surface area contributed by atoms with E-state index in [0.29, 0.717) is 0 Å². The van der Waals surface area contributed by atoms with Gasteiger partial charge in [-0.3, -0.25) is 5.09 Å². The molecule has 152 valence electrons. The molecule has 0 fully saturated rings. The highest BCUT2D eigenvalue weighted by molar-refractivity contribution is 7.56. The van der Waals surface area contributed by atoms with Crippen LogP contribution in [0.25, 0.3) is 0 Å². The standard InChI is InChI=1S/C21H19F3NO3P/c1-15-6-10-19(11-7-15)27-29(26,28-20-12-8-16(2)9-13-20)25-18-5-3-4-17(14-18)21(22,23)24/h3-14H,1-2H3,(H,25,26). The van der Waals surface area contributed by atoms with E-state index in [1.807, 2.05) is 13.8 Å². The van der Waals surface area contributed by atoms with Crippen molar-refractivity contribution in [1.82, 2.24) is 0 Å². The molecule has 0 amide bonds. The topological polar surface area (TPSA) is 47.6 Å². The van der Waals surface area contributed by atoms with Crippen molar-refractivity contribution in [3.8, 4) is 11.5 Å². The highest BCUT2D eigenvalue weighted by Gasteiger charge is 2.33. The molecule has 0 aliphatic rings. The molecule has 0 heterocycles. The third-order valence-electron chi connectivity index (χ3n) is 3.95. The third kappa shape index (κ3) is 5.78. The Bertz CT molecular complexity index is 967. The number of rotatable bonds is 6. The van der Waals surface area contributed by atoms with Gasteiger partial charge in [0.25, 0.3) is 0 Å². The Kier molecular flexibility index (Phi) is 5.89. The van der Waals surface area contributed by atoms with Crippen LogP contribution in [0.3, 0.4) is 0 Å². The van der Waals surface area contributed by atoms with Crippen LogP contribution in [0.2, 0.25) is 0 Å². The number of hydrogen-bond acceptors (Lipinski definition) is 3. The first-order chi connectivity index (χ1) is 13.6. The van der Waals surface area contributed by atoms with Crippen molar-refractivity contribution in [2.75, 3.05) is 5.09 Å². The molecule has 29 heavy (non-hydrogen) atoms. The SMILES string of the molecule is Cc1ccc(OP(=O)(Nc2cccc(C(F)(F)F)c2)Oc2ccc(C)cc2)cc1. The average Bonchev–Trinajstić information content (AvgIpc) is 2.65. The van der Waals surface area contributed by atoms with Crippen molar-refractivity contribution in [1.29, 1.82) is 0 Å². The number of nitrogens with one attached hydrogen (secondary N) is 1. The average molecular weight is 421 g/mol. The van der Waals surface area contributed by atoms with Crippen molar-refractivity contribution in [3.63, 3.8) is 0 Å². The largest absolute Gasteiger partial charge is 0.541 e. The van der Waals surface area contributed by atoms with Gasteiger partial charge >= 0.3 is 13.9 Å². The van der Waals surface area contributed by atoms with E-state index >= 15 is 0 Å². The van der Waals surface area contributed by atoms with E-state index in [1.54, 1.807) is 48.5 Å². The summed E-state index contributed by atoms with van der Waals surface area (Å²) < 4.78 is 63.6. The van der Waals surface area contributed by atoms with E-state index in [-0.39, 0.29) is 17.2 Å². The van der Waals surface area contributed by atoms with E-state index in [0.717, 1.165) is 23.3 Å². The van der Waals surface area contributed by atoms with E-state index in [9.17, 15) is 17.7 Å². The van der Waals surface area contributed by atoms with Crippen LogP contribution < -0.4 is 14.1 Å². The maximum Gasteiger partial charge on any atom is 0.541 e. The fourth-order valence-electron chi connectivity index (χ4n) is 2.46. The number of halogens is 3. The molecule has 8 heteroatoms. The van der Waals surface area contributed by atoms with Crippen molar-refractivity contribution >= 4 is 13.4 Å². The summed E-state index contributed by atoms with van der Waals surface area (Å²) in [7, 11) is -4.10. The van der Waals surface area contributed by atoms with Crippen LogP contribution in [0.5, 0.6) is 11.5 Å². The summed E-state index contributed by atoms with van der Waals surface area (Å²) in [6, 6.07) is 17.8. The van der Waals surface area contributed by atoms with E-state index < -0.39 is 19.5 Å². The van der Waals surface area contributed by atoms with Gasteiger partial charge in [0.15, 0.2) is 0 Å². The lowest BCUT2D eigenvalue weighted by molar-refractivity contribution is -0.137. The van der Waals surface area contributed by atoms with E-state index in [4.69, 9.17) is 9.05 Å². The second-order valence-corrected chi connectivity index (χ2v) is 8.08. The smallest absolute Gasteiger partial charge is 0.400 e. The molecular weight excluding hydrogens is 402 g/mol. The Hall–Kier alpha value is -2.92. The highest BCUT2D eigenvalue weighted by atomic mass is 31.2. The van der Waals surface area contributed by atoms with Gasteiger partial charge in [-0.2, -0.15) is 13.2 Å². The first-order valence-electron chi connectivity index (χ1n) is 8.71. The Morgan fingerprint density at radius 3 is 1.72 bits per heavy atom. The summed E-state index contributed by atoms with van der Waals surface area (Å²) in [6.07, 6.45) is -4.53. The first-order valence-corrected chi connectivity index (χ1v) is 10.3. The van der Waals surface area contributed by atoms with Crippen molar-refractivity contribution in [2.24, 2.45) is 0 Å². The molecule has 0 atom stereocenters. The Labute approximate surface area is 166 Å². The lowest BCUT2D eigenvalue weighted by Gasteiger charge is -2.21. The molecule has 3 aromatic rings. The zero-order valence-corrected chi connectivity index (χ0v) is 16.6. The van der Waals surface area contributed by atoms with Crippen molar-refractivity contribution in [2.45, 2.75) is 20.0 Å². The maximum absolute atomic E-state index is 13.4. The van der Waals surface area contributed by atoms with Gasteiger partial charge in [0, 0.05) is 5.69 Å². The van der Waals surface area contributed by atoms with Gasteiger partial charge in [0.1, 0.15) is 11.5 Å². The number of alkyl halides is 3. The summed E-state index contributed by atoms with van der Waals surface area (Å²) in [6.45, 7) is 3.76. The fraction of sp³-hybridized carbons (Fsp3) is 0.143. The third-order valence-corrected chi connectivity index (χ3v) is 5.38. The second-order valence-electron chi connectivity index (χ2n) is 6.50. The van der Waals surface area contributed by atoms with E-state index in [1.165, 1.54) is 12.1 Å². The molecule has 0 aliphatic carbocycles. The molecule has 0 unspecified atom stereocenters. The summed E-state index contributed by atoms with van der Waals surface area (Å²) >= 11 is 0. The van der Waals surface area contributed by atoms with Crippen LogP contribution in [0, 0.1) is 13.8 Å². The Morgan fingerprint density at radius 1 is 0.793 bits per heavy atom. The molecule has 0 radical (unpaired) electrons. The molecule has 0 aromatic heterocycles. The molecule has 4 nitrogen and oxygen atoms in total. The first kappa shape index (κ1) is 20.8. The number of benzene rings is 3. The second kappa shape index (κ2) is 8.21. The van der Waals surface area contributed by atoms with Crippen molar-refractivity contribution in [3.05, 3.63) is 89.5 Å². The summed E-state index contributed by atoms with van der Waals surface area (Å²) in [5.74, 6) is 0.510. The maximum atomic E-state index is 13.4. The summed E-state index contributed by atoms with van der Waals surface area (Å²) in [5.41, 5.74) is 1.03. The molecule has 1 N–H and O–H groups in total. The molecule has 0 bridgehead atoms. The lowest BCUT2D eigenvalue weighted by Crippen LogP contribution is -2.11. The molecule has 3 rings (SSSR count). The van der Waals surface area contributed by atoms with E-state index in [2.05, 4.69) is 5.09 Å². The molecule has 0 spiro atoms. The van der Waals surface area contributed by atoms with Crippen LogP contribution in [0.1, 0.15) is 16.7 Å². The van der Waals surface area contributed by atoms with Gasteiger partial charge in [-0.05, 0) is 56.3 Å². The predicted octanol–water partition coefficient (Wildman–Crippen LogP) is 7.00. The van der Waals surface area contributed by atoms with Crippen LogP contribution >= 0.6 is 7.75 Å². The Morgan fingerprint density at radius 2 is 1.28 bits per heavy atom. The lowest BCUT2D eigenvalue weighted by atomic mass is 10.2. The van der Waals surface area contributed by atoms with Gasteiger partial charge in [0.2, 0.25) is 0 Å². The summed E-state index contributed by atoms with van der Waals surface area (Å²) in [4.78, 5) is 0. The Balaban J connectivity index is 1.92. The minimum atomic E-state index is -4.53. The zero-order chi connectivity index (χ0) is 21.1. The molecule has 0 saturated carbocycles. The molecule has 0 saturated heterocycles. The molecule has 3 aromatic carbocycles. The normalized spacial score (nSPS) is 11.8. The predicted molar refractivity (Wildman–Crippen MR) is 106 cm³/mol. The molecule has 0 aliphatic heterocycles. The van der Waals surface area contributed by atoms with Gasteiger partial charge in [-0.25, -0.2) is 4.57 Å². The van der Waals surface area contributed by atoms with Gasteiger partial charge < -0.3 is 9.05 Å². The number of aryl methyl sites for hydroxylation is 2. The zero-order valence-electron chi connectivity index (χ0n) is 15.7. The van der Waals surface area contributed by atoms with Crippen LogP contribution in [-0.4, -0.2) is 0 Å². The fourth-order valence-corrected chi connectivity index (χ4v) is 3.85. The number of hydrogen-bond donors (Lipinski definition) is 1. The summed E-state index contributed by atoms with van der Waals surface area (Å²) in [5, 5.41) is 2.51. The van der Waals surface area contributed by atoms with Gasteiger partial charge in [0.05, 0.1) is 5.56 Å². The van der Waals surface area contributed by atoms with Gasteiger partial charge in [-0.15, -0.1) is 0 Å². The quantitative estimate of drug-likeness (QED) is 0.436. The highest BCUT2D eigenvalue weighted by Crippen LogP contribution is 2.48. The van der Waals surface area contributed by atoms with Crippen molar-refractivity contribution < 1.29 is 26.8 Å². The van der Waals surface area contributed by atoms with Crippen LogP contribution in [-0.2, 0) is 10.7 Å². The van der Waals surface area contributed by atoms with Gasteiger partial charge in [-0.1, -0.05) is 41.5 Å². The minimum absolute atomic E-state index is 0.0395. The number of anilines is 1. The van der Waals surface area contributed by atoms with Crippen LogP contribution in [0.15, 0.2) is 72.8 Å². The monoisotopic (exact) mass is 421 g/mol. The molecular formula is C21H19F3NO3P.